The lowest BCUT2D eigenvalue weighted by atomic mass is 10.4. The minimum atomic E-state index is -1.38. The van der Waals surface area contributed by atoms with Crippen molar-refractivity contribution in [2.24, 2.45) is 0 Å². The maximum atomic E-state index is 10.2. The quantitative estimate of drug-likeness (QED) is 0.449. The van der Waals surface area contributed by atoms with Gasteiger partial charge in [0.1, 0.15) is 0 Å². The van der Waals surface area contributed by atoms with Crippen molar-refractivity contribution in [3.05, 3.63) is 11.8 Å². The molecule has 5 heteroatoms. The highest BCUT2D eigenvalue weighted by molar-refractivity contribution is 5.92. The molecule has 0 radical (unpaired) electrons. The van der Waals surface area contributed by atoms with Crippen molar-refractivity contribution in [1.29, 1.82) is 0 Å². The Morgan fingerprint density at radius 3 is 2.27 bits per heavy atom. The molecule has 5 nitrogen and oxygen atoms in total. The molecule has 0 aromatic carbocycles. The maximum absolute atomic E-state index is 10.2. The number of carboxylic acids is 2. The van der Waals surface area contributed by atoms with E-state index in [1.807, 2.05) is 0 Å². The van der Waals surface area contributed by atoms with E-state index >= 15 is 0 Å². The van der Waals surface area contributed by atoms with Crippen molar-refractivity contribution in [2.45, 2.75) is 6.92 Å². The lowest BCUT2D eigenvalue weighted by Gasteiger charge is -2.00. The van der Waals surface area contributed by atoms with Gasteiger partial charge in [-0.05, 0) is 6.92 Å². The summed E-state index contributed by atoms with van der Waals surface area (Å²) in [5.41, 5.74) is 0. The Morgan fingerprint density at radius 2 is 2.00 bits per heavy atom. The van der Waals surface area contributed by atoms with Crippen LogP contribution in [0.25, 0.3) is 0 Å². The molecule has 0 aliphatic heterocycles. The Labute approximate surface area is 62.9 Å². The first-order valence-corrected chi connectivity index (χ1v) is 2.88. The molecule has 0 amide bonds. The summed E-state index contributed by atoms with van der Waals surface area (Å²) in [5, 5.41) is 16.4. The minimum Gasteiger partial charge on any atom is -0.487 e. The van der Waals surface area contributed by atoms with E-state index in [0.29, 0.717) is 6.08 Å². The van der Waals surface area contributed by atoms with Gasteiger partial charge in [0.15, 0.2) is 0 Å². The van der Waals surface area contributed by atoms with Crippen LogP contribution in [0.2, 0.25) is 0 Å². The zero-order valence-corrected chi connectivity index (χ0v) is 5.90. The topological polar surface area (TPSA) is 83.8 Å². The highest BCUT2D eigenvalue weighted by Crippen LogP contribution is 1.96. The second-order valence-corrected chi connectivity index (χ2v) is 1.58. The molecular weight excluding hydrogens is 152 g/mol. The molecule has 2 N–H and O–H groups in total. The Morgan fingerprint density at radius 1 is 1.45 bits per heavy atom. The molecule has 0 heterocycles. The van der Waals surface area contributed by atoms with Gasteiger partial charge in [0.25, 0.3) is 0 Å². The first-order valence-electron chi connectivity index (χ1n) is 2.88. The van der Waals surface area contributed by atoms with Crippen LogP contribution in [0.3, 0.4) is 0 Å². The van der Waals surface area contributed by atoms with E-state index in [-0.39, 0.29) is 6.61 Å². The van der Waals surface area contributed by atoms with Gasteiger partial charge < -0.3 is 14.9 Å². The van der Waals surface area contributed by atoms with Crippen LogP contribution in [0.4, 0.5) is 0 Å². The molecule has 0 atom stereocenters. The second kappa shape index (κ2) is 4.32. The molecular formula is C6H8O5. The van der Waals surface area contributed by atoms with E-state index in [2.05, 4.69) is 4.74 Å². The molecule has 0 saturated carbocycles. The van der Waals surface area contributed by atoms with Gasteiger partial charge in [0.2, 0.25) is 5.76 Å². The average Bonchev–Trinajstić information content (AvgIpc) is 1.86. The Hall–Kier alpha value is -1.52. The molecule has 0 unspecified atom stereocenters. The van der Waals surface area contributed by atoms with E-state index < -0.39 is 17.7 Å². The van der Waals surface area contributed by atoms with Gasteiger partial charge in [0.05, 0.1) is 12.7 Å². The molecule has 0 aliphatic rings. The molecule has 0 aromatic rings. The molecule has 11 heavy (non-hydrogen) atoms. The number of carboxylic acid groups (broad SMARTS) is 2. The standard InChI is InChI=1S/C6H8O5/c1-2-11-4(6(9)10)3-5(7)8/h3H,2H2,1H3,(H,7,8)(H,9,10). The van der Waals surface area contributed by atoms with E-state index in [1.165, 1.54) is 0 Å². The molecule has 0 aromatic heterocycles. The molecule has 0 fully saturated rings. The Kier molecular flexibility index (Phi) is 3.72. The summed E-state index contributed by atoms with van der Waals surface area (Å²) in [6.07, 6.45) is 0.506. The van der Waals surface area contributed by atoms with Gasteiger partial charge in [-0.15, -0.1) is 0 Å². The fraction of sp³-hybridized carbons (Fsp3) is 0.333. The summed E-state index contributed by atoms with van der Waals surface area (Å²) in [7, 11) is 0. The predicted octanol–water partition coefficient (Wildman–Crippen LogP) is 0.0760. The van der Waals surface area contributed by atoms with Crippen LogP contribution in [-0.2, 0) is 14.3 Å². The van der Waals surface area contributed by atoms with Crippen LogP contribution >= 0.6 is 0 Å². The second-order valence-electron chi connectivity index (χ2n) is 1.58. The average molecular weight is 160 g/mol. The largest absolute Gasteiger partial charge is 0.487 e. The number of hydrogen-bond donors (Lipinski definition) is 2. The Balaban J connectivity index is 4.32. The fourth-order valence-corrected chi connectivity index (χ4v) is 0.433. The van der Waals surface area contributed by atoms with Crippen molar-refractivity contribution in [2.75, 3.05) is 6.61 Å². The van der Waals surface area contributed by atoms with Gasteiger partial charge in [-0.25, -0.2) is 9.59 Å². The molecule has 0 saturated heterocycles. The number of rotatable bonds is 4. The smallest absolute Gasteiger partial charge is 0.371 e. The third kappa shape index (κ3) is 3.96. The highest BCUT2D eigenvalue weighted by atomic mass is 16.5. The number of carbonyl (C=O) groups is 2. The van der Waals surface area contributed by atoms with Crippen molar-refractivity contribution < 1.29 is 24.5 Å². The zero-order chi connectivity index (χ0) is 8.85. The predicted molar refractivity (Wildman–Crippen MR) is 35.0 cm³/mol. The van der Waals surface area contributed by atoms with E-state index in [9.17, 15) is 9.59 Å². The monoisotopic (exact) mass is 160 g/mol. The SMILES string of the molecule is CCOC(=CC(=O)O)C(=O)O. The molecule has 0 rings (SSSR count). The lowest BCUT2D eigenvalue weighted by molar-refractivity contribution is -0.138. The number of aliphatic carboxylic acids is 2. The first kappa shape index (κ1) is 9.48. The first-order chi connectivity index (χ1) is 5.07. The van der Waals surface area contributed by atoms with Crippen molar-refractivity contribution in [3.8, 4) is 0 Å². The number of ether oxygens (including phenoxy) is 1. The van der Waals surface area contributed by atoms with Gasteiger partial charge >= 0.3 is 11.9 Å². The zero-order valence-electron chi connectivity index (χ0n) is 5.90. The van der Waals surface area contributed by atoms with Crippen LogP contribution in [-0.4, -0.2) is 28.8 Å². The lowest BCUT2D eigenvalue weighted by Crippen LogP contribution is -2.07. The number of hydrogen-bond acceptors (Lipinski definition) is 3. The van der Waals surface area contributed by atoms with E-state index in [1.54, 1.807) is 6.92 Å². The summed E-state index contributed by atoms with van der Waals surface area (Å²) in [6, 6.07) is 0. The van der Waals surface area contributed by atoms with E-state index in [4.69, 9.17) is 10.2 Å². The van der Waals surface area contributed by atoms with Crippen molar-refractivity contribution in [1.82, 2.24) is 0 Å². The molecule has 0 bridgehead atoms. The summed E-state index contributed by atoms with van der Waals surface area (Å²) in [6.45, 7) is 1.70. The van der Waals surface area contributed by atoms with Crippen LogP contribution in [0.5, 0.6) is 0 Å². The Bertz CT molecular complexity index is 193. The van der Waals surface area contributed by atoms with Crippen molar-refractivity contribution >= 4 is 11.9 Å². The fourth-order valence-electron chi connectivity index (χ4n) is 0.433. The summed E-state index contributed by atoms with van der Waals surface area (Å²) >= 11 is 0. The molecule has 0 aliphatic carbocycles. The summed E-state index contributed by atoms with van der Waals surface area (Å²) in [4.78, 5) is 20.1. The molecule has 0 spiro atoms. The van der Waals surface area contributed by atoms with Crippen LogP contribution in [0.15, 0.2) is 11.8 Å². The van der Waals surface area contributed by atoms with Crippen molar-refractivity contribution in [3.63, 3.8) is 0 Å². The van der Waals surface area contributed by atoms with Crippen LogP contribution in [0.1, 0.15) is 6.92 Å². The maximum Gasteiger partial charge on any atom is 0.371 e. The third-order valence-electron chi connectivity index (χ3n) is 0.765. The van der Waals surface area contributed by atoms with Gasteiger partial charge in [0, 0.05) is 0 Å². The third-order valence-corrected chi connectivity index (χ3v) is 0.765. The normalized spacial score (nSPS) is 10.8. The van der Waals surface area contributed by atoms with Crippen LogP contribution in [0, 0.1) is 0 Å². The van der Waals surface area contributed by atoms with Gasteiger partial charge in [-0.1, -0.05) is 0 Å². The van der Waals surface area contributed by atoms with E-state index in [0.717, 1.165) is 0 Å². The van der Waals surface area contributed by atoms with Gasteiger partial charge in [-0.3, -0.25) is 0 Å². The highest BCUT2D eigenvalue weighted by Gasteiger charge is 2.09. The minimum absolute atomic E-state index is 0.130. The van der Waals surface area contributed by atoms with Crippen LogP contribution < -0.4 is 0 Å². The summed E-state index contributed by atoms with van der Waals surface area (Å²) < 4.78 is 4.49. The molecule has 62 valence electrons. The van der Waals surface area contributed by atoms with Gasteiger partial charge in [-0.2, -0.15) is 0 Å². The summed E-state index contributed by atoms with van der Waals surface area (Å²) in [5.74, 6) is -3.27.